The van der Waals surface area contributed by atoms with Crippen molar-refractivity contribution >= 4 is 26.8 Å². The molecule has 0 saturated heterocycles. The number of hydrogen-bond donors (Lipinski definition) is 2. The van der Waals surface area contributed by atoms with Crippen molar-refractivity contribution in [2.24, 2.45) is 0 Å². The van der Waals surface area contributed by atoms with Crippen molar-refractivity contribution in [3.05, 3.63) is 63.5 Å². The second-order valence-electron chi connectivity index (χ2n) is 5.60. The molecule has 4 rings (SSSR count). The monoisotopic (exact) mass is 341 g/mol. The van der Waals surface area contributed by atoms with Gasteiger partial charge in [0.05, 0.1) is 11.7 Å². The third-order valence-corrected chi connectivity index (χ3v) is 4.64. The largest absolute Gasteiger partial charge is 0.357 e. The first-order chi connectivity index (χ1) is 10.2. The van der Waals surface area contributed by atoms with E-state index in [1.165, 1.54) is 27.7 Å². The molecule has 0 amide bonds. The van der Waals surface area contributed by atoms with Gasteiger partial charge in [0.25, 0.3) is 0 Å². The second kappa shape index (κ2) is 4.97. The van der Waals surface area contributed by atoms with Gasteiger partial charge in [-0.25, -0.2) is 0 Å². The first-order valence-electron chi connectivity index (χ1n) is 7.18. The predicted molar refractivity (Wildman–Crippen MR) is 88.5 cm³/mol. The van der Waals surface area contributed by atoms with Gasteiger partial charge in [-0.2, -0.15) is 0 Å². The number of aromatic nitrogens is 2. The molecule has 0 radical (unpaired) electrons. The van der Waals surface area contributed by atoms with Crippen molar-refractivity contribution in [2.45, 2.75) is 19.4 Å². The molecule has 1 aromatic carbocycles. The summed E-state index contributed by atoms with van der Waals surface area (Å²) in [7, 11) is 0. The summed E-state index contributed by atoms with van der Waals surface area (Å²) in [4.78, 5) is 8.18. The van der Waals surface area contributed by atoms with Gasteiger partial charge in [-0.15, -0.1) is 0 Å². The van der Waals surface area contributed by atoms with Gasteiger partial charge in [-0.1, -0.05) is 22.0 Å². The lowest BCUT2D eigenvalue weighted by molar-refractivity contribution is 0.549. The molecule has 4 heteroatoms. The summed E-state index contributed by atoms with van der Waals surface area (Å²) in [6, 6.07) is 10.8. The highest BCUT2D eigenvalue weighted by molar-refractivity contribution is 9.10. The Morgan fingerprint density at radius 1 is 1.24 bits per heavy atom. The van der Waals surface area contributed by atoms with E-state index < -0.39 is 0 Å². The van der Waals surface area contributed by atoms with Gasteiger partial charge in [-0.05, 0) is 48.7 Å². The van der Waals surface area contributed by atoms with Crippen LogP contribution in [0.25, 0.3) is 10.9 Å². The van der Waals surface area contributed by atoms with Gasteiger partial charge in [0.2, 0.25) is 0 Å². The summed E-state index contributed by atoms with van der Waals surface area (Å²) in [6.07, 6.45) is 2.98. The molecule has 3 aromatic rings. The fourth-order valence-electron chi connectivity index (χ4n) is 3.10. The highest BCUT2D eigenvalue weighted by Crippen LogP contribution is 2.34. The maximum Gasteiger partial charge on any atom is 0.0906 e. The summed E-state index contributed by atoms with van der Waals surface area (Å²) in [5.41, 5.74) is 6.13. The average Bonchev–Trinajstić information content (AvgIpc) is 2.86. The molecule has 3 nitrogen and oxygen atoms in total. The number of nitrogens with one attached hydrogen (secondary N) is 2. The number of aromatic amines is 1. The van der Waals surface area contributed by atoms with Crippen LogP contribution in [0.3, 0.4) is 0 Å². The molecule has 2 aromatic heterocycles. The summed E-state index contributed by atoms with van der Waals surface area (Å²) in [6.45, 7) is 3.05. The highest BCUT2D eigenvalue weighted by atomic mass is 79.9. The van der Waals surface area contributed by atoms with E-state index in [0.29, 0.717) is 0 Å². The van der Waals surface area contributed by atoms with Crippen LogP contribution < -0.4 is 5.32 Å². The Hall–Kier alpha value is -1.65. The number of pyridine rings is 1. The predicted octanol–water partition coefficient (Wildman–Crippen LogP) is 3.87. The number of rotatable bonds is 1. The number of hydrogen-bond acceptors (Lipinski definition) is 2. The first-order valence-corrected chi connectivity index (χ1v) is 7.97. The molecule has 0 spiro atoms. The Labute approximate surface area is 131 Å². The van der Waals surface area contributed by atoms with E-state index in [2.05, 4.69) is 68.5 Å². The molecule has 21 heavy (non-hydrogen) atoms. The molecular formula is C17H16BrN3. The smallest absolute Gasteiger partial charge is 0.0906 e. The van der Waals surface area contributed by atoms with Crippen LogP contribution >= 0.6 is 15.9 Å². The van der Waals surface area contributed by atoms with Crippen molar-refractivity contribution in [3.8, 4) is 0 Å². The van der Waals surface area contributed by atoms with Gasteiger partial charge < -0.3 is 10.3 Å². The van der Waals surface area contributed by atoms with Crippen LogP contribution in [0.1, 0.15) is 28.6 Å². The van der Waals surface area contributed by atoms with Gasteiger partial charge >= 0.3 is 0 Å². The van der Waals surface area contributed by atoms with Crippen molar-refractivity contribution in [1.29, 1.82) is 0 Å². The zero-order chi connectivity index (χ0) is 14.4. The standard InChI is InChI=1S/C17H16BrN3/c1-10-2-4-15(20-9-10)17-16-12(6-7-19-17)13-8-11(18)3-5-14(13)21-16/h2-5,8-9,17,19,21H,6-7H2,1H3. The van der Waals surface area contributed by atoms with E-state index in [1.807, 2.05) is 6.20 Å². The molecule has 0 bridgehead atoms. The fourth-order valence-corrected chi connectivity index (χ4v) is 3.46. The average molecular weight is 342 g/mol. The molecule has 0 saturated carbocycles. The number of halogens is 1. The molecule has 1 aliphatic heterocycles. The third-order valence-electron chi connectivity index (χ3n) is 4.14. The minimum atomic E-state index is 0.153. The lowest BCUT2D eigenvalue weighted by atomic mass is 9.97. The van der Waals surface area contributed by atoms with Crippen molar-refractivity contribution in [1.82, 2.24) is 15.3 Å². The summed E-state index contributed by atoms with van der Waals surface area (Å²) in [5.74, 6) is 0. The van der Waals surface area contributed by atoms with E-state index in [1.54, 1.807) is 0 Å². The first kappa shape index (κ1) is 13.0. The zero-order valence-electron chi connectivity index (χ0n) is 11.8. The molecule has 1 unspecified atom stereocenters. The van der Waals surface area contributed by atoms with Crippen molar-refractivity contribution in [2.75, 3.05) is 6.54 Å². The van der Waals surface area contributed by atoms with Crippen LogP contribution in [0.15, 0.2) is 41.0 Å². The topological polar surface area (TPSA) is 40.7 Å². The molecule has 106 valence electrons. The number of aryl methyl sites for hydroxylation is 1. The minimum Gasteiger partial charge on any atom is -0.357 e. The Morgan fingerprint density at radius 3 is 2.95 bits per heavy atom. The Balaban J connectivity index is 1.88. The molecule has 3 heterocycles. The van der Waals surface area contributed by atoms with E-state index in [4.69, 9.17) is 0 Å². The SMILES string of the molecule is Cc1ccc(C2NCCc3c2[nH]c2ccc(Br)cc32)nc1. The minimum absolute atomic E-state index is 0.153. The number of H-pyrrole nitrogens is 1. The summed E-state index contributed by atoms with van der Waals surface area (Å²) in [5, 5.41) is 4.90. The number of nitrogens with zero attached hydrogens (tertiary/aromatic N) is 1. The number of benzene rings is 1. The Bertz CT molecular complexity index is 805. The van der Waals surface area contributed by atoms with Crippen LogP contribution in [0, 0.1) is 6.92 Å². The van der Waals surface area contributed by atoms with Crippen molar-refractivity contribution < 1.29 is 0 Å². The lowest BCUT2D eigenvalue weighted by Crippen LogP contribution is -2.31. The van der Waals surface area contributed by atoms with Crippen LogP contribution in [0.5, 0.6) is 0 Å². The molecule has 0 fully saturated rings. The molecular weight excluding hydrogens is 326 g/mol. The van der Waals surface area contributed by atoms with Gasteiger partial charge in [-0.3, -0.25) is 4.98 Å². The van der Waals surface area contributed by atoms with Crippen molar-refractivity contribution in [3.63, 3.8) is 0 Å². The summed E-state index contributed by atoms with van der Waals surface area (Å²) < 4.78 is 1.13. The van der Waals surface area contributed by atoms with Crippen LogP contribution in [0.2, 0.25) is 0 Å². The lowest BCUT2D eigenvalue weighted by Gasteiger charge is -2.24. The van der Waals surface area contributed by atoms with E-state index in [0.717, 1.165) is 23.1 Å². The second-order valence-corrected chi connectivity index (χ2v) is 6.52. The quantitative estimate of drug-likeness (QED) is 0.705. The van der Waals surface area contributed by atoms with Gasteiger partial charge in [0.15, 0.2) is 0 Å². The van der Waals surface area contributed by atoms with Crippen LogP contribution in [-0.2, 0) is 6.42 Å². The molecule has 0 aliphatic carbocycles. The zero-order valence-corrected chi connectivity index (χ0v) is 13.4. The van der Waals surface area contributed by atoms with Gasteiger partial charge in [0, 0.05) is 33.8 Å². The Kier molecular flexibility index (Phi) is 3.08. The maximum absolute atomic E-state index is 4.60. The summed E-state index contributed by atoms with van der Waals surface area (Å²) >= 11 is 3.57. The normalized spacial score (nSPS) is 17.9. The molecule has 1 aliphatic rings. The van der Waals surface area contributed by atoms with Gasteiger partial charge in [0.1, 0.15) is 0 Å². The third kappa shape index (κ3) is 2.19. The fraction of sp³-hybridized carbons (Fsp3) is 0.235. The highest BCUT2D eigenvalue weighted by Gasteiger charge is 2.25. The van der Waals surface area contributed by atoms with Crippen LogP contribution in [-0.4, -0.2) is 16.5 Å². The Morgan fingerprint density at radius 2 is 2.14 bits per heavy atom. The maximum atomic E-state index is 4.60. The van der Waals surface area contributed by atoms with E-state index in [9.17, 15) is 0 Å². The molecule has 2 N–H and O–H groups in total. The van der Waals surface area contributed by atoms with E-state index in [-0.39, 0.29) is 6.04 Å². The van der Waals surface area contributed by atoms with E-state index >= 15 is 0 Å². The molecule has 1 atom stereocenters. The number of fused-ring (bicyclic) bond motifs is 3. The van der Waals surface area contributed by atoms with Crippen LogP contribution in [0.4, 0.5) is 0 Å².